The molecule has 0 aliphatic carbocycles. The zero-order valence-corrected chi connectivity index (χ0v) is 14.7. The molecular formula is C16H24N4O3S. The van der Waals surface area contributed by atoms with Crippen LogP contribution in [-0.2, 0) is 21.3 Å². The highest BCUT2D eigenvalue weighted by molar-refractivity contribution is 7.89. The van der Waals surface area contributed by atoms with Crippen molar-refractivity contribution in [2.24, 2.45) is 15.5 Å². The number of sulfonamides is 1. The predicted molar refractivity (Wildman–Crippen MR) is 92.1 cm³/mol. The summed E-state index contributed by atoms with van der Waals surface area (Å²) >= 11 is 0. The molecule has 7 nitrogen and oxygen atoms in total. The van der Waals surface area contributed by atoms with Gasteiger partial charge in [-0.05, 0) is 30.5 Å². The summed E-state index contributed by atoms with van der Waals surface area (Å²) in [6.45, 7) is 4.08. The van der Waals surface area contributed by atoms with E-state index in [2.05, 4.69) is 15.2 Å². The summed E-state index contributed by atoms with van der Waals surface area (Å²) in [7, 11) is -1.92. The second-order valence-corrected chi connectivity index (χ2v) is 8.13. The highest BCUT2D eigenvalue weighted by Gasteiger charge is 2.42. The maximum absolute atomic E-state index is 11.4. The first-order valence-corrected chi connectivity index (χ1v) is 9.62. The van der Waals surface area contributed by atoms with E-state index < -0.39 is 10.0 Å². The lowest BCUT2D eigenvalue weighted by Crippen LogP contribution is -2.41. The Morgan fingerprint density at radius 3 is 2.96 bits per heavy atom. The fourth-order valence-corrected chi connectivity index (χ4v) is 4.02. The van der Waals surface area contributed by atoms with Crippen molar-refractivity contribution < 1.29 is 13.2 Å². The molecule has 0 radical (unpaired) electrons. The number of likely N-dealkylation sites (tertiary alicyclic amines) is 1. The fraction of sp³-hybridized carbons (Fsp3) is 0.562. The van der Waals surface area contributed by atoms with Gasteiger partial charge in [-0.3, -0.25) is 4.99 Å². The maximum Gasteiger partial charge on any atom is 0.238 e. The van der Waals surface area contributed by atoms with Gasteiger partial charge < -0.3 is 15.0 Å². The van der Waals surface area contributed by atoms with Crippen LogP contribution in [0.5, 0.6) is 0 Å². The first kappa shape index (κ1) is 17.2. The van der Waals surface area contributed by atoms with Gasteiger partial charge in [0.15, 0.2) is 5.96 Å². The topological polar surface area (TPSA) is 97.0 Å². The van der Waals surface area contributed by atoms with E-state index >= 15 is 0 Å². The summed E-state index contributed by atoms with van der Waals surface area (Å²) in [6.07, 6.45) is 2.23. The van der Waals surface area contributed by atoms with Gasteiger partial charge in [0.2, 0.25) is 10.0 Å². The van der Waals surface area contributed by atoms with Gasteiger partial charge in [-0.25, -0.2) is 13.6 Å². The molecule has 132 valence electrons. The van der Waals surface area contributed by atoms with Crippen molar-refractivity contribution in [3.8, 4) is 0 Å². The van der Waals surface area contributed by atoms with Gasteiger partial charge in [-0.15, -0.1) is 0 Å². The lowest BCUT2D eigenvalue weighted by Gasteiger charge is -2.25. The number of hydrogen-bond acceptors (Lipinski definition) is 4. The Labute approximate surface area is 142 Å². The SMILES string of the molecule is CN=C(NCc1cccc(S(N)(=O)=O)c1)N1CCC2(CCOC2)C1. The molecule has 2 aliphatic rings. The quantitative estimate of drug-likeness (QED) is 0.611. The van der Waals surface area contributed by atoms with E-state index in [4.69, 9.17) is 9.88 Å². The second-order valence-electron chi connectivity index (χ2n) is 6.57. The van der Waals surface area contributed by atoms with Gasteiger partial charge in [0, 0.05) is 38.7 Å². The standard InChI is InChI=1S/C16H24N4O3S/c1-18-15(20-7-5-16(11-20)6-8-23-12-16)19-10-13-3-2-4-14(9-13)24(17,21)22/h2-4,9H,5-8,10-12H2,1H3,(H,18,19)(H2,17,21,22). The third kappa shape index (κ3) is 3.71. The Hall–Kier alpha value is -1.64. The van der Waals surface area contributed by atoms with Crippen LogP contribution in [0.4, 0.5) is 0 Å². The van der Waals surface area contributed by atoms with Crippen molar-refractivity contribution in [3.63, 3.8) is 0 Å². The second kappa shape index (κ2) is 6.70. The molecule has 1 aromatic carbocycles. The van der Waals surface area contributed by atoms with E-state index in [0.29, 0.717) is 6.54 Å². The Morgan fingerprint density at radius 2 is 2.29 bits per heavy atom. The Balaban J connectivity index is 1.63. The van der Waals surface area contributed by atoms with Crippen LogP contribution in [-0.4, -0.2) is 52.6 Å². The van der Waals surface area contributed by atoms with Crippen molar-refractivity contribution in [2.75, 3.05) is 33.4 Å². The average Bonchev–Trinajstić information content (AvgIpc) is 3.18. The van der Waals surface area contributed by atoms with E-state index in [1.165, 1.54) is 6.07 Å². The number of primary sulfonamides is 1. The summed E-state index contributed by atoms with van der Waals surface area (Å²) in [5, 5.41) is 8.49. The molecule has 24 heavy (non-hydrogen) atoms. The highest BCUT2D eigenvalue weighted by atomic mass is 32.2. The molecule has 1 aromatic rings. The molecule has 1 atom stereocenters. The van der Waals surface area contributed by atoms with Crippen molar-refractivity contribution >= 4 is 16.0 Å². The van der Waals surface area contributed by atoms with Gasteiger partial charge in [0.05, 0.1) is 11.5 Å². The number of nitrogens with one attached hydrogen (secondary N) is 1. The fourth-order valence-electron chi connectivity index (χ4n) is 3.43. The van der Waals surface area contributed by atoms with Crippen molar-refractivity contribution in [2.45, 2.75) is 24.3 Å². The first-order chi connectivity index (χ1) is 11.4. The lowest BCUT2D eigenvalue weighted by atomic mass is 9.87. The first-order valence-electron chi connectivity index (χ1n) is 8.07. The molecule has 0 aromatic heterocycles. The zero-order chi connectivity index (χ0) is 17.2. The molecular weight excluding hydrogens is 328 g/mol. The van der Waals surface area contributed by atoms with Gasteiger partial charge in [-0.1, -0.05) is 12.1 Å². The summed E-state index contributed by atoms with van der Waals surface area (Å²) in [6, 6.07) is 6.65. The molecule has 1 unspecified atom stereocenters. The maximum atomic E-state index is 11.4. The largest absolute Gasteiger partial charge is 0.381 e. The number of rotatable bonds is 3. The Kier molecular flexibility index (Phi) is 4.80. The number of benzene rings is 1. The van der Waals surface area contributed by atoms with E-state index in [-0.39, 0.29) is 10.3 Å². The van der Waals surface area contributed by atoms with Crippen molar-refractivity contribution in [1.29, 1.82) is 0 Å². The molecule has 0 bridgehead atoms. The molecule has 0 amide bonds. The number of nitrogens with zero attached hydrogens (tertiary/aromatic N) is 2. The number of hydrogen-bond donors (Lipinski definition) is 2. The Morgan fingerprint density at radius 1 is 1.46 bits per heavy atom. The molecule has 2 saturated heterocycles. The molecule has 0 saturated carbocycles. The van der Waals surface area contributed by atoms with Crippen LogP contribution >= 0.6 is 0 Å². The van der Waals surface area contributed by atoms with Crippen molar-refractivity contribution in [1.82, 2.24) is 10.2 Å². The number of nitrogens with two attached hydrogens (primary N) is 1. The summed E-state index contributed by atoms with van der Waals surface area (Å²) in [5.41, 5.74) is 1.12. The minimum atomic E-state index is -3.68. The van der Waals surface area contributed by atoms with Crippen LogP contribution in [0.3, 0.4) is 0 Å². The minimum absolute atomic E-state index is 0.125. The third-order valence-corrected chi connectivity index (χ3v) is 5.72. The average molecular weight is 352 g/mol. The number of aliphatic imine (C=N–C) groups is 1. The smallest absolute Gasteiger partial charge is 0.238 e. The predicted octanol–water partition coefficient (Wildman–Crippen LogP) is 0.522. The monoisotopic (exact) mass is 352 g/mol. The number of ether oxygens (including phenoxy) is 1. The molecule has 3 rings (SSSR count). The van der Waals surface area contributed by atoms with E-state index in [0.717, 1.165) is 50.7 Å². The van der Waals surface area contributed by atoms with Crippen molar-refractivity contribution in [3.05, 3.63) is 29.8 Å². The molecule has 3 N–H and O–H groups in total. The molecule has 2 fully saturated rings. The van der Waals surface area contributed by atoms with Crippen LogP contribution in [0.15, 0.2) is 34.2 Å². The van der Waals surface area contributed by atoms with Crippen LogP contribution in [0.2, 0.25) is 0 Å². The van der Waals surface area contributed by atoms with E-state index in [1.54, 1.807) is 19.2 Å². The van der Waals surface area contributed by atoms with E-state index in [1.807, 2.05) is 6.07 Å². The summed E-state index contributed by atoms with van der Waals surface area (Å²) in [5.74, 6) is 0.833. The highest BCUT2D eigenvalue weighted by Crippen LogP contribution is 2.38. The molecule has 1 spiro atoms. The third-order valence-electron chi connectivity index (χ3n) is 4.81. The zero-order valence-electron chi connectivity index (χ0n) is 13.9. The van der Waals surface area contributed by atoms with E-state index in [9.17, 15) is 8.42 Å². The molecule has 2 heterocycles. The minimum Gasteiger partial charge on any atom is -0.381 e. The lowest BCUT2D eigenvalue weighted by molar-refractivity contribution is 0.156. The van der Waals surface area contributed by atoms with Crippen LogP contribution in [0.1, 0.15) is 18.4 Å². The van der Waals surface area contributed by atoms with Gasteiger partial charge in [0.25, 0.3) is 0 Å². The summed E-state index contributed by atoms with van der Waals surface area (Å²) in [4.78, 5) is 6.73. The van der Waals surface area contributed by atoms with Crippen LogP contribution in [0.25, 0.3) is 0 Å². The molecule has 2 aliphatic heterocycles. The van der Waals surface area contributed by atoms with Crippen LogP contribution in [0, 0.1) is 5.41 Å². The molecule has 8 heteroatoms. The Bertz CT molecular complexity index is 727. The van der Waals surface area contributed by atoms with Crippen LogP contribution < -0.4 is 10.5 Å². The van der Waals surface area contributed by atoms with Gasteiger partial charge in [-0.2, -0.15) is 0 Å². The normalized spacial score (nSPS) is 24.8. The summed E-state index contributed by atoms with van der Waals surface area (Å²) < 4.78 is 28.5. The number of guanidine groups is 1. The van der Waals surface area contributed by atoms with Gasteiger partial charge in [0.1, 0.15) is 0 Å². The van der Waals surface area contributed by atoms with Gasteiger partial charge >= 0.3 is 0 Å².